The largest absolute Gasteiger partial charge is 0.486 e. The molecule has 0 spiro atoms. The maximum atomic E-state index is 9.14. The van der Waals surface area contributed by atoms with Crippen molar-refractivity contribution in [3.8, 4) is 17.1 Å². The van der Waals surface area contributed by atoms with Gasteiger partial charge in [0.2, 0.25) is 0 Å². The number of rotatable bonds is 7. The second-order valence-corrected chi connectivity index (χ2v) is 9.34. The van der Waals surface area contributed by atoms with E-state index in [0.29, 0.717) is 52.3 Å². The third kappa shape index (κ3) is 4.27. The number of H-pyrrole nitrogens is 1. The van der Waals surface area contributed by atoms with Crippen molar-refractivity contribution in [1.29, 1.82) is 0 Å². The van der Waals surface area contributed by atoms with Crippen molar-refractivity contribution in [1.82, 2.24) is 25.4 Å². The molecular weight excluding hydrogens is 477 g/mol. The molecule has 4 heterocycles. The summed E-state index contributed by atoms with van der Waals surface area (Å²) in [5.41, 5.74) is 8.68. The van der Waals surface area contributed by atoms with Crippen molar-refractivity contribution in [3.05, 3.63) is 58.3 Å². The van der Waals surface area contributed by atoms with Crippen LogP contribution in [-0.2, 0) is 0 Å². The van der Waals surface area contributed by atoms with Crippen LogP contribution in [0, 0.1) is 0 Å². The van der Waals surface area contributed by atoms with Crippen LogP contribution in [0.25, 0.3) is 22.3 Å². The molecule has 3 aromatic heterocycles. The Morgan fingerprint density at radius 1 is 1.18 bits per heavy atom. The summed E-state index contributed by atoms with van der Waals surface area (Å²) in [4.78, 5) is 6.03. The summed E-state index contributed by atoms with van der Waals surface area (Å²) in [6, 6.07) is 9.43. The zero-order valence-electron chi connectivity index (χ0n) is 18.4. The molecule has 0 radical (unpaired) electrons. The van der Waals surface area contributed by atoms with Crippen LogP contribution in [0.3, 0.4) is 0 Å². The number of aliphatic hydroxyl groups is 1. The van der Waals surface area contributed by atoms with E-state index in [4.69, 9.17) is 38.8 Å². The Balaban J connectivity index is 1.36. The first-order valence-electron chi connectivity index (χ1n) is 10.8. The van der Waals surface area contributed by atoms with Gasteiger partial charge in [0.25, 0.3) is 0 Å². The molecule has 11 heteroatoms. The second kappa shape index (κ2) is 8.99. The van der Waals surface area contributed by atoms with Gasteiger partial charge in [0, 0.05) is 43.0 Å². The van der Waals surface area contributed by atoms with Crippen LogP contribution in [0.4, 0.5) is 5.82 Å². The Kier molecular flexibility index (Phi) is 6.03. The molecule has 9 nitrogen and oxygen atoms in total. The van der Waals surface area contributed by atoms with Crippen molar-refractivity contribution in [3.63, 3.8) is 0 Å². The van der Waals surface area contributed by atoms with E-state index in [-0.39, 0.29) is 18.2 Å². The minimum atomic E-state index is -0.382. The summed E-state index contributed by atoms with van der Waals surface area (Å²) in [5, 5.41) is 27.1. The molecule has 176 valence electrons. The lowest BCUT2D eigenvalue weighted by Gasteiger charge is -2.48. The number of hydrogen-bond donors (Lipinski definition) is 3. The van der Waals surface area contributed by atoms with Gasteiger partial charge in [0.15, 0.2) is 5.82 Å². The van der Waals surface area contributed by atoms with E-state index in [0.717, 1.165) is 16.7 Å². The lowest BCUT2D eigenvalue weighted by atomic mass is 9.88. The van der Waals surface area contributed by atoms with Crippen LogP contribution in [0.2, 0.25) is 10.0 Å². The fourth-order valence-electron chi connectivity index (χ4n) is 4.21. The van der Waals surface area contributed by atoms with Gasteiger partial charge >= 0.3 is 0 Å². The number of pyridine rings is 1. The molecule has 1 atom stereocenters. The third-order valence-corrected chi connectivity index (χ3v) is 6.58. The van der Waals surface area contributed by atoms with Crippen molar-refractivity contribution < 1.29 is 9.84 Å². The molecular formula is C23H23Cl2N7O2. The van der Waals surface area contributed by atoms with Crippen LogP contribution in [0.5, 0.6) is 5.75 Å². The maximum Gasteiger partial charge on any atom is 0.151 e. The van der Waals surface area contributed by atoms with Gasteiger partial charge < -0.3 is 20.5 Å². The highest BCUT2D eigenvalue weighted by Crippen LogP contribution is 2.35. The van der Waals surface area contributed by atoms with E-state index >= 15 is 0 Å². The topological polar surface area (TPSA) is 126 Å². The number of aromatic amines is 1. The summed E-state index contributed by atoms with van der Waals surface area (Å²) < 4.78 is 6.13. The first-order chi connectivity index (χ1) is 16.4. The van der Waals surface area contributed by atoms with Crippen LogP contribution in [0.15, 0.2) is 42.7 Å². The third-order valence-electron chi connectivity index (χ3n) is 5.98. The van der Waals surface area contributed by atoms with Crippen LogP contribution in [0.1, 0.15) is 25.0 Å². The summed E-state index contributed by atoms with van der Waals surface area (Å²) in [6.07, 6.45) is 3.27. The number of benzene rings is 1. The minimum Gasteiger partial charge on any atom is -0.486 e. The predicted molar refractivity (Wildman–Crippen MR) is 131 cm³/mol. The van der Waals surface area contributed by atoms with E-state index in [9.17, 15) is 0 Å². The first kappa shape index (κ1) is 22.8. The number of halogens is 2. The Labute approximate surface area is 205 Å². The molecule has 4 N–H and O–H groups in total. The van der Waals surface area contributed by atoms with Gasteiger partial charge in [-0.1, -0.05) is 23.2 Å². The number of anilines is 1. The van der Waals surface area contributed by atoms with Gasteiger partial charge in [0.05, 0.1) is 21.1 Å². The van der Waals surface area contributed by atoms with E-state index in [1.807, 2.05) is 42.2 Å². The molecule has 0 saturated carbocycles. The summed E-state index contributed by atoms with van der Waals surface area (Å²) in [5.74, 6) is 1.38. The molecule has 0 unspecified atom stereocenters. The van der Waals surface area contributed by atoms with Crippen molar-refractivity contribution in [2.45, 2.75) is 25.0 Å². The molecule has 4 aromatic rings. The van der Waals surface area contributed by atoms with E-state index < -0.39 is 0 Å². The Hall–Kier alpha value is -2.98. The molecule has 5 rings (SSSR count). The zero-order valence-corrected chi connectivity index (χ0v) is 19.9. The van der Waals surface area contributed by atoms with Gasteiger partial charge in [-0.2, -0.15) is 5.10 Å². The number of aromatic nitrogens is 5. The number of nitrogens with one attached hydrogen (secondary N) is 1. The molecule has 1 aromatic carbocycles. The van der Waals surface area contributed by atoms with Gasteiger partial charge in [0.1, 0.15) is 23.2 Å². The number of nitrogens with zero attached hydrogens (tertiary/aromatic N) is 5. The van der Waals surface area contributed by atoms with E-state index in [2.05, 4.69) is 25.4 Å². The van der Waals surface area contributed by atoms with Gasteiger partial charge in [-0.25, -0.2) is 0 Å². The molecule has 1 saturated heterocycles. The first-order valence-corrected chi connectivity index (χ1v) is 11.5. The smallest absolute Gasteiger partial charge is 0.151 e. The van der Waals surface area contributed by atoms with Crippen LogP contribution >= 0.6 is 23.2 Å². The molecule has 34 heavy (non-hydrogen) atoms. The number of nitrogens with two attached hydrogens (primary N) is 1. The summed E-state index contributed by atoms with van der Waals surface area (Å²) >= 11 is 12.6. The average molecular weight is 500 g/mol. The predicted octanol–water partition coefficient (Wildman–Crippen LogP) is 3.76. The average Bonchev–Trinajstić information content (AvgIpc) is 3.21. The molecule has 0 amide bonds. The van der Waals surface area contributed by atoms with Crippen molar-refractivity contribution >= 4 is 39.9 Å². The van der Waals surface area contributed by atoms with Gasteiger partial charge in [-0.3, -0.25) is 10.1 Å². The SMILES string of the molecule is C[C@@H](Oc1ccc2[nH]nc(-c3ccc(N4CC(N)(CCO)C4)nn3)c2c1)c1c(Cl)cncc1Cl. The second-order valence-electron chi connectivity index (χ2n) is 8.53. The van der Waals surface area contributed by atoms with Crippen molar-refractivity contribution in [2.24, 2.45) is 5.73 Å². The van der Waals surface area contributed by atoms with Gasteiger partial charge in [-0.05, 0) is 43.7 Å². The summed E-state index contributed by atoms with van der Waals surface area (Å²) in [6.45, 7) is 3.23. The molecule has 1 aliphatic rings. The fraction of sp³-hybridized carbons (Fsp3) is 0.304. The molecule has 0 aliphatic carbocycles. The highest BCUT2D eigenvalue weighted by atomic mass is 35.5. The monoisotopic (exact) mass is 499 g/mol. The number of fused-ring (bicyclic) bond motifs is 1. The molecule has 0 bridgehead atoms. The summed E-state index contributed by atoms with van der Waals surface area (Å²) in [7, 11) is 0. The number of hydrogen-bond acceptors (Lipinski definition) is 8. The molecule has 1 fully saturated rings. The Morgan fingerprint density at radius 2 is 1.94 bits per heavy atom. The lowest BCUT2D eigenvalue weighted by molar-refractivity contribution is 0.212. The van der Waals surface area contributed by atoms with Gasteiger partial charge in [-0.15, -0.1) is 10.2 Å². The maximum absolute atomic E-state index is 9.14. The quantitative estimate of drug-likeness (QED) is 0.350. The Morgan fingerprint density at radius 3 is 2.62 bits per heavy atom. The van der Waals surface area contributed by atoms with Crippen LogP contribution < -0.4 is 15.4 Å². The Bertz CT molecular complexity index is 1300. The zero-order chi connectivity index (χ0) is 23.9. The minimum absolute atomic E-state index is 0.0777. The van der Waals surface area contributed by atoms with Crippen molar-refractivity contribution in [2.75, 3.05) is 24.6 Å². The van der Waals surface area contributed by atoms with E-state index in [1.165, 1.54) is 0 Å². The lowest BCUT2D eigenvalue weighted by Crippen LogP contribution is -2.68. The molecule has 1 aliphatic heterocycles. The number of ether oxygens (including phenoxy) is 1. The number of aliphatic hydroxyl groups excluding tert-OH is 1. The van der Waals surface area contributed by atoms with E-state index in [1.54, 1.807) is 12.4 Å². The standard InChI is InChI=1S/C23H23Cl2N7O2/c1-13(21-16(24)9-27-10-17(21)25)34-14-2-3-18-15(8-14)22(31-28-18)19-4-5-20(30-29-19)32-11-23(26,12-32)6-7-33/h2-5,8-10,13,33H,6-7,11-12,26H2,1H3,(H,28,31)/t13-/m1/s1. The fourth-order valence-corrected chi connectivity index (χ4v) is 4.88. The highest BCUT2D eigenvalue weighted by molar-refractivity contribution is 6.35. The normalized spacial score (nSPS) is 15.9. The van der Waals surface area contributed by atoms with Crippen LogP contribution in [-0.4, -0.2) is 55.7 Å². The highest BCUT2D eigenvalue weighted by Gasteiger charge is 2.39.